The second-order valence-electron chi connectivity index (χ2n) is 11.2. The van der Waals surface area contributed by atoms with Gasteiger partial charge in [0.05, 0.1) is 17.3 Å². The van der Waals surface area contributed by atoms with Crippen LogP contribution in [0.3, 0.4) is 0 Å². The minimum Gasteiger partial charge on any atom is -0.436 e. The molecular formula is C39H39NO5. The number of esters is 2. The van der Waals surface area contributed by atoms with E-state index in [-0.39, 0.29) is 0 Å². The average Bonchev–Trinajstić information content (AvgIpc) is 3.57. The minimum atomic E-state index is -0.397. The highest BCUT2D eigenvalue weighted by molar-refractivity contribution is 5.91. The summed E-state index contributed by atoms with van der Waals surface area (Å²) in [5.74, 6) is 1.12. The van der Waals surface area contributed by atoms with E-state index in [0.29, 0.717) is 34.3 Å². The lowest BCUT2D eigenvalue weighted by molar-refractivity contribution is 0.0725. The lowest BCUT2D eigenvalue weighted by Gasteiger charge is -2.06. The number of aryl methyl sites for hydroxylation is 2. The van der Waals surface area contributed by atoms with Crippen LogP contribution in [-0.2, 0) is 12.8 Å². The molecule has 0 fully saturated rings. The number of carbonyl (C=O) groups is 2. The van der Waals surface area contributed by atoms with Crippen molar-refractivity contribution in [3.05, 3.63) is 126 Å². The number of aromatic nitrogens is 1. The quantitative estimate of drug-likeness (QED) is 0.0716. The Morgan fingerprint density at radius 2 is 1.02 bits per heavy atom. The molecule has 0 aliphatic rings. The summed E-state index contributed by atoms with van der Waals surface area (Å²) >= 11 is 0. The highest BCUT2D eigenvalue weighted by Gasteiger charge is 2.13. The molecule has 0 saturated carbocycles. The lowest BCUT2D eigenvalue weighted by Crippen LogP contribution is -2.08. The van der Waals surface area contributed by atoms with Crippen molar-refractivity contribution in [2.24, 2.45) is 0 Å². The van der Waals surface area contributed by atoms with Crippen molar-refractivity contribution in [3.8, 4) is 34.3 Å². The molecule has 0 N–H and O–H groups in total. The van der Waals surface area contributed by atoms with Crippen molar-refractivity contribution in [2.75, 3.05) is 0 Å². The molecule has 1 aromatic heterocycles. The summed E-state index contributed by atoms with van der Waals surface area (Å²) in [6.07, 6.45) is 10.8. The Kier molecular flexibility index (Phi) is 10.9. The Morgan fingerprint density at radius 1 is 0.578 bits per heavy atom. The molecule has 0 bridgehead atoms. The molecule has 0 spiro atoms. The van der Waals surface area contributed by atoms with Crippen LogP contribution in [0.25, 0.3) is 22.8 Å². The maximum atomic E-state index is 12.6. The van der Waals surface area contributed by atoms with Crippen LogP contribution >= 0.6 is 0 Å². The van der Waals surface area contributed by atoms with E-state index in [4.69, 9.17) is 13.9 Å². The van der Waals surface area contributed by atoms with Crippen LogP contribution in [0.1, 0.15) is 84.2 Å². The first-order chi connectivity index (χ1) is 22.0. The smallest absolute Gasteiger partial charge is 0.343 e. The third-order valence-corrected chi connectivity index (χ3v) is 7.68. The fraction of sp³-hybridized carbons (Fsp3) is 0.256. The van der Waals surface area contributed by atoms with Gasteiger partial charge in [-0.3, -0.25) is 0 Å². The maximum absolute atomic E-state index is 12.6. The Labute approximate surface area is 265 Å². The molecule has 0 aliphatic carbocycles. The summed E-state index contributed by atoms with van der Waals surface area (Å²) in [5.41, 5.74) is 5.04. The summed E-state index contributed by atoms with van der Waals surface area (Å²) in [6, 6.07) is 29.4. The number of benzene rings is 4. The van der Waals surface area contributed by atoms with Crippen LogP contribution in [0.4, 0.5) is 0 Å². The SMILES string of the molecule is CCCCCc1ccc(C(=O)Oc2ccc(-c3cnc(-c4ccc(OC(=O)c5ccc(CCCCC)cc5)cc4)o3)cc2)cc1. The van der Waals surface area contributed by atoms with Crippen molar-refractivity contribution < 1.29 is 23.5 Å². The first kappa shape index (κ1) is 31.5. The number of hydrogen-bond acceptors (Lipinski definition) is 6. The molecule has 0 amide bonds. The first-order valence-corrected chi connectivity index (χ1v) is 15.8. The van der Waals surface area contributed by atoms with Crippen molar-refractivity contribution in [1.82, 2.24) is 4.98 Å². The van der Waals surface area contributed by atoms with Gasteiger partial charge in [-0.05, 0) is 110 Å². The van der Waals surface area contributed by atoms with Gasteiger partial charge in [-0.1, -0.05) is 63.8 Å². The zero-order valence-corrected chi connectivity index (χ0v) is 26.0. The molecule has 45 heavy (non-hydrogen) atoms. The molecule has 230 valence electrons. The number of nitrogens with zero attached hydrogens (tertiary/aromatic N) is 1. The van der Waals surface area contributed by atoms with Gasteiger partial charge in [0.25, 0.3) is 0 Å². The normalized spacial score (nSPS) is 10.9. The van der Waals surface area contributed by atoms with E-state index in [0.717, 1.165) is 36.8 Å². The van der Waals surface area contributed by atoms with Gasteiger partial charge in [-0.15, -0.1) is 0 Å². The van der Waals surface area contributed by atoms with Crippen LogP contribution < -0.4 is 9.47 Å². The largest absolute Gasteiger partial charge is 0.436 e. The van der Waals surface area contributed by atoms with Crippen LogP contribution in [0.5, 0.6) is 11.5 Å². The summed E-state index contributed by atoms with van der Waals surface area (Å²) < 4.78 is 17.1. The van der Waals surface area contributed by atoms with Crippen molar-refractivity contribution in [2.45, 2.75) is 65.2 Å². The monoisotopic (exact) mass is 601 g/mol. The number of rotatable bonds is 14. The molecule has 5 rings (SSSR count). The molecule has 0 radical (unpaired) electrons. The molecule has 1 heterocycles. The zero-order valence-electron chi connectivity index (χ0n) is 26.0. The number of hydrogen-bond donors (Lipinski definition) is 0. The van der Waals surface area contributed by atoms with Crippen LogP contribution in [-0.4, -0.2) is 16.9 Å². The van der Waals surface area contributed by atoms with Gasteiger partial charge in [-0.25, -0.2) is 14.6 Å². The van der Waals surface area contributed by atoms with Gasteiger partial charge in [0.15, 0.2) is 5.76 Å². The van der Waals surface area contributed by atoms with Gasteiger partial charge >= 0.3 is 11.9 Å². The Hall–Kier alpha value is -4.97. The van der Waals surface area contributed by atoms with Gasteiger partial charge < -0.3 is 13.9 Å². The number of carbonyl (C=O) groups excluding carboxylic acids is 2. The molecule has 0 aliphatic heterocycles. The van der Waals surface area contributed by atoms with Gasteiger partial charge in [0.2, 0.25) is 5.89 Å². The molecule has 6 heteroatoms. The van der Waals surface area contributed by atoms with Crippen molar-refractivity contribution in [1.29, 1.82) is 0 Å². The van der Waals surface area contributed by atoms with Crippen LogP contribution in [0.2, 0.25) is 0 Å². The minimum absolute atomic E-state index is 0.394. The lowest BCUT2D eigenvalue weighted by atomic mass is 10.1. The van der Waals surface area contributed by atoms with E-state index < -0.39 is 11.9 Å². The third-order valence-electron chi connectivity index (χ3n) is 7.68. The van der Waals surface area contributed by atoms with Crippen molar-refractivity contribution >= 4 is 11.9 Å². The molecule has 0 saturated heterocycles. The number of oxazole rings is 1. The Morgan fingerprint density at radius 3 is 1.47 bits per heavy atom. The summed E-state index contributed by atoms with van der Waals surface area (Å²) in [7, 11) is 0. The molecular weight excluding hydrogens is 562 g/mol. The van der Waals surface area contributed by atoms with E-state index in [1.54, 1.807) is 42.6 Å². The highest BCUT2D eigenvalue weighted by atomic mass is 16.5. The molecule has 0 unspecified atom stereocenters. The predicted molar refractivity (Wildman–Crippen MR) is 177 cm³/mol. The van der Waals surface area contributed by atoms with Gasteiger partial charge in [0, 0.05) is 11.1 Å². The fourth-order valence-corrected chi connectivity index (χ4v) is 5.00. The predicted octanol–water partition coefficient (Wildman–Crippen LogP) is 9.91. The third kappa shape index (κ3) is 8.79. The molecule has 5 aromatic rings. The standard InChI is InChI=1S/C39H39NO5/c1-3-5-7-9-28-11-15-32(16-12-28)38(41)43-34-23-19-30(20-24-34)36-27-40-37(45-36)31-21-25-35(26-22-31)44-39(42)33-17-13-29(14-18-33)10-8-6-4-2/h11-27H,3-10H2,1-2H3. The van der Waals surface area contributed by atoms with E-state index in [9.17, 15) is 9.59 Å². The van der Waals surface area contributed by atoms with E-state index in [1.807, 2.05) is 60.7 Å². The fourth-order valence-electron chi connectivity index (χ4n) is 5.00. The molecule has 4 aromatic carbocycles. The summed E-state index contributed by atoms with van der Waals surface area (Å²) in [6.45, 7) is 4.37. The topological polar surface area (TPSA) is 78.6 Å². The molecule has 6 nitrogen and oxygen atoms in total. The van der Waals surface area contributed by atoms with Crippen molar-refractivity contribution in [3.63, 3.8) is 0 Å². The van der Waals surface area contributed by atoms with Gasteiger partial charge in [-0.2, -0.15) is 0 Å². The zero-order chi connectivity index (χ0) is 31.4. The van der Waals surface area contributed by atoms with Crippen LogP contribution in [0, 0.1) is 0 Å². The number of unbranched alkanes of at least 4 members (excludes halogenated alkanes) is 4. The Bertz CT molecular complexity index is 1540. The van der Waals surface area contributed by atoms with Gasteiger partial charge in [0.1, 0.15) is 11.5 Å². The second-order valence-corrected chi connectivity index (χ2v) is 11.2. The second kappa shape index (κ2) is 15.7. The average molecular weight is 602 g/mol. The number of ether oxygens (including phenoxy) is 2. The highest BCUT2D eigenvalue weighted by Crippen LogP contribution is 2.29. The summed E-state index contributed by atoms with van der Waals surface area (Å²) in [4.78, 5) is 29.7. The first-order valence-electron chi connectivity index (χ1n) is 15.8. The van der Waals surface area contributed by atoms with Crippen LogP contribution in [0.15, 0.2) is 108 Å². The van der Waals surface area contributed by atoms with E-state index in [1.165, 1.54) is 36.8 Å². The van der Waals surface area contributed by atoms with E-state index in [2.05, 4.69) is 18.8 Å². The molecule has 0 atom stereocenters. The Balaban J connectivity index is 1.14. The maximum Gasteiger partial charge on any atom is 0.343 e. The summed E-state index contributed by atoms with van der Waals surface area (Å²) in [5, 5.41) is 0. The van der Waals surface area contributed by atoms with E-state index >= 15 is 0 Å².